The first-order valence-electron chi connectivity index (χ1n) is 5.38. The Morgan fingerprint density at radius 2 is 2.25 bits per heavy atom. The number of halogens is 1. The Bertz CT molecular complexity index is 374. The zero-order valence-electron chi connectivity index (χ0n) is 10.0. The van der Waals surface area contributed by atoms with E-state index < -0.39 is 0 Å². The van der Waals surface area contributed by atoms with Crippen molar-refractivity contribution in [3.8, 4) is 5.75 Å². The molecule has 1 aromatic rings. The summed E-state index contributed by atoms with van der Waals surface area (Å²) in [6, 6.07) is 5.98. The molecule has 0 aliphatic carbocycles. The van der Waals surface area contributed by atoms with Gasteiger partial charge >= 0.3 is 0 Å². The highest BCUT2D eigenvalue weighted by atomic mass is 79.9. The lowest BCUT2D eigenvalue weighted by Crippen LogP contribution is -2.14. The summed E-state index contributed by atoms with van der Waals surface area (Å²) in [5.41, 5.74) is 2.45. The molecule has 0 spiro atoms. The summed E-state index contributed by atoms with van der Waals surface area (Å²) in [6.07, 6.45) is 2.16. The van der Waals surface area contributed by atoms with Crippen LogP contribution in [0, 0.1) is 0 Å². The van der Waals surface area contributed by atoms with Crippen LogP contribution in [0.4, 0.5) is 0 Å². The second-order valence-electron chi connectivity index (χ2n) is 3.66. The maximum atomic E-state index is 5.21. The number of methoxy groups -OCH3 is 1. The lowest BCUT2D eigenvalue weighted by molar-refractivity contribution is 0.414. The SMILES string of the molecule is CCNC/C(C)=C/c1cc(OC)ccc1Br. The van der Waals surface area contributed by atoms with Gasteiger partial charge < -0.3 is 10.1 Å². The van der Waals surface area contributed by atoms with Crippen molar-refractivity contribution >= 4 is 22.0 Å². The van der Waals surface area contributed by atoms with E-state index in [1.165, 1.54) is 5.57 Å². The van der Waals surface area contributed by atoms with Crippen LogP contribution in [0.15, 0.2) is 28.2 Å². The number of ether oxygens (including phenoxy) is 1. The van der Waals surface area contributed by atoms with Crippen LogP contribution in [0.5, 0.6) is 5.75 Å². The summed E-state index contributed by atoms with van der Waals surface area (Å²) in [4.78, 5) is 0. The van der Waals surface area contributed by atoms with Gasteiger partial charge in [-0.05, 0) is 37.2 Å². The number of nitrogens with one attached hydrogen (secondary N) is 1. The predicted molar refractivity (Wildman–Crippen MR) is 72.9 cm³/mol. The Hall–Kier alpha value is -0.800. The average Bonchev–Trinajstić information content (AvgIpc) is 2.29. The third kappa shape index (κ3) is 3.99. The molecule has 3 heteroatoms. The molecule has 0 aliphatic rings. The first-order valence-corrected chi connectivity index (χ1v) is 6.18. The van der Waals surface area contributed by atoms with Gasteiger partial charge in [0.05, 0.1) is 7.11 Å². The van der Waals surface area contributed by atoms with Crippen LogP contribution in [-0.2, 0) is 0 Å². The fraction of sp³-hybridized carbons (Fsp3) is 0.385. The second kappa shape index (κ2) is 6.71. The van der Waals surface area contributed by atoms with E-state index in [1.807, 2.05) is 18.2 Å². The number of hydrogen-bond acceptors (Lipinski definition) is 2. The molecular formula is C13H18BrNO. The van der Waals surface area contributed by atoms with Crippen LogP contribution in [0.2, 0.25) is 0 Å². The highest BCUT2D eigenvalue weighted by Gasteiger charge is 2.00. The summed E-state index contributed by atoms with van der Waals surface area (Å²) in [5.74, 6) is 0.880. The first-order chi connectivity index (χ1) is 7.67. The molecular weight excluding hydrogens is 266 g/mol. The van der Waals surface area contributed by atoms with Gasteiger partial charge in [0.1, 0.15) is 5.75 Å². The van der Waals surface area contributed by atoms with E-state index in [0.717, 1.165) is 28.9 Å². The first kappa shape index (κ1) is 13.3. The minimum absolute atomic E-state index is 0.880. The standard InChI is InChI=1S/C13H18BrNO/c1-4-15-9-10(2)7-11-8-12(16-3)5-6-13(11)14/h5-8,15H,4,9H2,1-3H3/b10-7+. The summed E-state index contributed by atoms with van der Waals surface area (Å²) in [5, 5.41) is 3.30. The van der Waals surface area contributed by atoms with Gasteiger partial charge in [-0.3, -0.25) is 0 Å². The van der Waals surface area contributed by atoms with Crippen LogP contribution >= 0.6 is 15.9 Å². The second-order valence-corrected chi connectivity index (χ2v) is 4.51. The molecule has 1 aromatic carbocycles. The quantitative estimate of drug-likeness (QED) is 0.894. The molecule has 0 atom stereocenters. The lowest BCUT2D eigenvalue weighted by Gasteiger charge is -2.06. The van der Waals surface area contributed by atoms with Gasteiger partial charge in [-0.2, -0.15) is 0 Å². The van der Waals surface area contributed by atoms with Crippen molar-refractivity contribution in [1.29, 1.82) is 0 Å². The average molecular weight is 284 g/mol. The van der Waals surface area contributed by atoms with E-state index in [1.54, 1.807) is 7.11 Å². The van der Waals surface area contributed by atoms with Crippen molar-refractivity contribution in [3.05, 3.63) is 33.8 Å². The molecule has 0 aliphatic heterocycles. The molecule has 0 bridgehead atoms. The van der Waals surface area contributed by atoms with Crippen LogP contribution < -0.4 is 10.1 Å². The molecule has 0 saturated heterocycles. The molecule has 0 amide bonds. The molecule has 0 radical (unpaired) electrons. The number of likely N-dealkylation sites (N-methyl/N-ethyl adjacent to an activating group) is 1. The number of hydrogen-bond donors (Lipinski definition) is 1. The van der Waals surface area contributed by atoms with E-state index in [9.17, 15) is 0 Å². The number of benzene rings is 1. The van der Waals surface area contributed by atoms with Crippen molar-refractivity contribution in [3.63, 3.8) is 0 Å². The fourth-order valence-corrected chi connectivity index (χ4v) is 1.76. The Morgan fingerprint density at radius 3 is 2.88 bits per heavy atom. The molecule has 0 aromatic heterocycles. The van der Waals surface area contributed by atoms with E-state index in [0.29, 0.717) is 0 Å². The van der Waals surface area contributed by atoms with Crippen LogP contribution in [-0.4, -0.2) is 20.2 Å². The highest BCUT2D eigenvalue weighted by Crippen LogP contribution is 2.24. The van der Waals surface area contributed by atoms with Crippen molar-refractivity contribution < 1.29 is 4.74 Å². The highest BCUT2D eigenvalue weighted by molar-refractivity contribution is 9.10. The zero-order chi connectivity index (χ0) is 12.0. The summed E-state index contributed by atoms with van der Waals surface area (Å²) >= 11 is 3.54. The number of rotatable bonds is 5. The third-order valence-electron chi connectivity index (χ3n) is 2.26. The largest absolute Gasteiger partial charge is 0.497 e. The third-order valence-corrected chi connectivity index (χ3v) is 2.98. The van der Waals surface area contributed by atoms with Crippen LogP contribution in [0.25, 0.3) is 6.08 Å². The Labute approximate surface area is 106 Å². The molecule has 0 heterocycles. The van der Waals surface area contributed by atoms with Gasteiger partial charge in [-0.15, -0.1) is 0 Å². The van der Waals surface area contributed by atoms with Crippen LogP contribution in [0.3, 0.4) is 0 Å². The molecule has 0 unspecified atom stereocenters. The van der Waals surface area contributed by atoms with Gasteiger partial charge in [0.25, 0.3) is 0 Å². The summed E-state index contributed by atoms with van der Waals surface area (Å²) < 4.78 is 6.29. The van der Waals surface area contributed by atoms with E-state index in [4.69, 9.17) is 4.74 Å². The molecule has 88 valence electrons. The van der Waals surface area contributed by atoms with Gasteiger partial charge in [0.2, 0.25) is 0 Å². The smallest absolute Gasteiger partial charge is 0.119 e. The van der Waals surface area contributed by atoms with Crippen molar-refractivity contribution in [2.24, 2.45) is 0 Å². The Morgan fingerprint density at radius 1 is 1.50 bits per heavy atom. The van der Waals surface area contributed by atoms with Crippen molar-refractivity contribution in [2.45, 2.75) is 13.8 Å². The van der Waals surface area contributed by atoms with Crippen molar-refractivity contribution in [1.82, 2.24) is 5.32 Å². The Kier molecular flexibility index (Phi) is 5.56. The summed E-state index contributed by atoms with van der Waals surface area (Å²) in [6.45, 7) is 6.13. The fourth-order valence-electron chi connectivity index (χ4n) is 1.40. The maximum absolute atomic E-state index is 5.21. The van der Waals surface area contributed by atoms with E-state index in [-0.39, 0.29) is 0 Å². The van der Waals surface area contributed by atoms with Crippen molar-refractivity contribution in [2.75, 3.05) is 20.2 Å². The normalized spacial score (nSPS) is 11.6. The maximum Gasteiger partial charge on any atom is 0.119 e. The van der Waals surface area contributed by atoms with Gasteiger partial charge in [0.15, 0.2) is 0 Å². The molecule has 0 fully saturated rings. The molecule has 1 N–H and O–H groups in total. The van der Waals surface area contributed by atoms with Gasteiger partial charge in [-0.1, -0.05) is 34.5 Å². The molecule has 0 saturated carbocycles. The van der Waals surface area contributed by atoms with Gasteiger partial charge in [-0.25, -0.2) is 0 Å². The molecule has 16 heavy (non-hydrogen) atoms. The zero-order valence-corrected chi connectivity index (χ0v) is 11.6. The molecule has 2 nitrogen and oxygen atoms in total. The predicted octanol–water partition coefficient (Wildman–Crippen LogP) is 3.47. The summed E-state index contributed by atoms with van der Waals surface area (Å²) in [7, 11) is 1.68. The minimum Gasteiger partial charge on any atom is -0.497 e. The van der Waals surface area contributed by atoms with E-state index >= 15 is 0 Å². The topological polar surface area (TPSA) is 21.3 Å². The van der Waals surface area contributed by atoms with Crippen LogP contribution in [0.1, 0.15) is 19.4 Å². The monoisotopic (exact) mass is 283 g/mol. The van der Waals surface area contributed by atoms with Gasteiger partial charge in [0, 0.05) is 11.0 Å². The molecule has 1 rings (SSSR count). The lowest BCUT2D eigenvalue weighted by atomic mass is 10.1. The Balaban J connectivity index is 2.85. The minimum atomic E-state index is 0.880. The van der Waals surface area contributed by atoms with E-state index in [2.05, 4.69) is 41.2 Å².